The summed E-state index contributed by atoms with van der Waals surface area (Å²) in [6.07, 6.45) is 0. The van der Waals surface area contributed by atoms with E-state index in [4.69, 9.17) is 4.42 Å². The number of nitrogens with zero attached hydrogens (tertiary/aromatic N) is 2. The lowest BCUT2D eigenvalue weighted by atomic mass is 9.98. The summed E-state index contributed by atoms with van der Waals surface area (Å²) in [5.41, 5.74) is 17.6. The Morgan fingerprint density at radius 3 is 1.21 bits per heavy atom. The minimum Gasteiger partial charge on any atom is -0.456 e. The molecule has 14 aromatic rings. The molecule has 3 heteroatoms. The molecule has 1 aromatic heterocycles. The van der Waals surface area contributed by atoms with Gasteiger partial charge in [0.15, 0.2) is 0 Å². The van der Waals surface area contributed by atoms with Gasteiger partial charge < -0.3 is 14.2 Å². The van der Waals surface area contributed by atoms with Crippen molar-refractivity contribution in [2.24, 2.45) is 0 Å². The van der Waals surface area contributed by atoms with Crippen molar-refractivity contribution in [2.45, 2.75) is 0 Å². The molecular weight excluding hydrogens is 909 g/mol. The first-order chi connectivity index (χ1) is 37.1. The summed E-state index contributed by atoms with van der Waals surface area (Å²) in [6, 6.07) is 105. The molecule has 3 nitrogen and oxygen atoms in total. The van der Waals surface area contributed by atoms with Crippen LogP contribution in [0.1, 0.15) is 0 Å². The third kappa shape index (κ3) is 8.14. The quantitative estimate of drug-likeness (QED) is 0.136. The minimum atomic E-state index is 0.901. The fourth-order valence-corrected chi connectivity index (χ4v) is 11.1. The highest BCUT2D eigenvalue weighted by molar-refractivity contribution is 6.07. The van der Waals surface area contributed by atoms with E-state index in [2.05, 4.69) is 289 Å². The molecule has 0 amide bonds. The summed E-state index contributed by atoms with van der Waals surface area (Å²) in [4.78, 5) is 4.83. The van der Waals surface area contributed by atoms with Crippen LogP contribution in [0.15, 0.2) is 296 Å². The predicted octanol–water partition coefficient (Wildman–Crippen LogP) is 20.7. The summed E-state index contributed by atoms with van der Waals surface area (Å²) >= 11 is 0. The third-order valence-corrected chi connectivity index (χ3v) is 14.8. The summed E-state index contributed by atoms with van der Waals surface area (Å²) in [7, 11) is 0. The number of anilines is 6. The van der Waals surface area contributed by atoms with Crippen LogP contribution >= 0.6 is 0 Å². The summed E-state index contributed by atoms with van der Waals surface area (Å²) in [5.74, 6) is 0. The zero-order valence-corrected chi connectivity index (χ0v) is 41.0. The largest absolute Gasteiger partial charge is 0.456 e. The molecule has 1 heterocycles. The Bertz CT molecular complexity index is 4430. The maximum absolute atomic E-state index is 6.29. The van der Waals surface area contributed by atoms with Gasteiger partial charge in [-0.1, -0.05) is 206 Å². The smallest absolute Gasteiger partial charge is 0.136 e. The summed E-state index contributed by atoms with van der Waals surface area (Å²) in [5, 5.41) is 9.37. The van der Waals surface area contributed by atoms with Crippen LogP contribution in [0.4, 0.5) is 34.1 Å². The second kappa shape index (κ2) is 18.6. The number of hydrogen-bond acceptors (Lipinski definition) is 3. The van der Waals surface area contributed by atoms with Crippen LogP contribution < -0.4 is 9.80 Å². The molecule has 0 fully saturated rings. The molecular formula is C72H48N2O. The highest BCUT2D eigenvalue weighted by Crippen LogP contribution is 2.45. The second-order valence-electron chi connectivity index (χ2n) is 19.3. The minimum absolute atomic E-state index is 0.901. The van der Waals surface area contributed by atoms with E-state index < -0.39 is 0 Å². The SMILES string of the molecule is c1ccc(-c2ccc(-c3cccc(N(c4cccc(-c5cccc(N(c6ccc7cc(-c8ccc9c(c8)oc8ccccc89)ccc7c6)c6cccc7ccccc67)c5)c4)c4cccc5ccccc45)c3)cc2)cc1. The molecule has 13 aromatic carbocycles. The molecule has 0 bridgehead atoms. The number of rotatable bonds is 10. The molecule has 75 heavy (non-hydrogen) atoms. The first kappa shape index (κ1) is 43.8. The van der Waals surface area contributed by atoms with Gasteiger partial charge in [-0.05, 0) is 151 Å². The molecule has 0 aliphatic heterocycles. The molecule has 0 saturated heterocycles. The molecule has 0 saturated carbocycles. The van der Waals surface area contributed by atoms with Crippen LogP contribution in [0, 0.1) is 0 Å². The molecule has 352 valence electrons. The monoisotopic (exact) mass is 956 g/mol. The van der Waals surface area contributed by atoms with E-state index in [1.54, 1.807) is 0 Å². The van der Waals surface area contributed by atoms with Gasteiger partial charge in [0.1, 0.15) is 11.2 Å². The first-order valence-corrected chi connectivity index (χ1v) is 25.6. The Kier molecular flexibility index (Phi) is 10.8. The van der Waals surface area contributed by atoms with Crippen LogP contribution in [-0.2, 0) is 0 Å². The Morgan fingerprint density at radius 1 is 0.200 bits per heavy atom. The standard InChI is InChI=1S/C72H48N2O/c1-2-15-49(16-3-1)50-33-35-51(36-34-50)54-21-10-24-61(44-54)73(69-30-13-19-52-17-4-6-27-65(52)69)62-25-11-22-55(45-62)56-23-12-26-63(46-56)74(70-31-14-20-53-18-5-7-28-66(53)70)64-41-39-58-43-57(37-38-59(58)47-64)60-40-42-68-67-29-8-9-32-71(67)75-72(68)48-60/h1-48H. The van der Waals surface area contributed by atoms with Crippen molar-refractivity contribution in [1.29, 1.82) is 0 Å². The zero-order valence-electron chi connectivity index (χ0n) is 41.0. The molecule has 0 radical (unpaired) electrons. The number of benzene rings is 13. The number of hydrogen-bond donors (Lipinski definition) is 0. The van der Waals surface area contributed by atoms with Crippen molar-refractivity contribution in [3.05, 3.63) is 291 Å². The Morgan fingerprint density at radius 2 is 0.587 bits per heavy atom. The molecule has 0 aliphatic rings. The van der Waals surface area contributed by atoms with E-state index in [0.29, 0.717) is 0 Å². The first-order valence-electron chi connectivity index (χ1n) is 25.6. The van der Waals surface area contributed by atoms with Gasteiger partial charge >= 0.3 is 0 Å². The third-order valence-electron chi connectivity index (χ3n) is 14.8. The van der Waals surface area contributed by atoms with Gasteiger partial charge in [-0.2, -0.15) is 0 Å². The predicted molar refractivity (Wildman–Crippen MR) is 317 cm³/mol. The number of para-hydroxylation sites is 1. The average Bonchev–Trinajstić information content (AvgIpc) is 3.86. The maximum atomic E-state index is 6.29. The van der Waals surface area contributed by atoms with E-state index in [1.165, 1.54) is 43.6 Å². The van der Waals surface area contributed by atoms with Gasteiger partial charge in [0, 0.05) is 44.3 Å². The number of furan rings is 1. The highest BCUT2D eigenvalue weighted by Gasteiger charge is 2.20. The van der Waals surface area contributed by atoms with Crippen LogP contribution in [-0.4, -0.2) is 0 Å². The lowest BCUT2D eigenvalue weighted by molar-refractivity contribution is 0.669. The Labute approximate surface area is 436 Å². The van der Waals surface area contributed by atoms with E-state index in [9.17, 15) is 0 Å². The van der Waals surface area contributed by atoms with E-state index >= 15 is 0 Å². The van der Waals surface area contributed by atoms with Crippen molar-refractivity contribution >= 4 is 88.4 Å². The fourth-order valence-electron chi connectivity index (χ4n) is 11.1. The van der Waals surface area contributed by atoms with Gasteiger partial charge in [0.25, 0.3) is 0 Å². The van der Waals surface area contributed by atoms with Gasteiger partial charge in [0.2, 0.25) is 0 Å². The molecule has 0 spiro atoms. The molecule has 14 rings (SSSR count). The Hall–Kier alpha value is -9.96. The van der Waals surface area contributed by atoms with Crippen molar-refractivity contribution in [2.75, 3.05) is 9.80 Å². The molecule has 0 N–H and O–H groups in total. The van der Waals surface area contributed by atoms with Gasteiger partial charge in [-0.3, -0.25) is 0 Å². The van der Waals surface area contributed by atoms with E-state index in [1.807, 2.05) is 12.1 Å². The fraction of sp³-hybridized carbons (Fsp3) is 0. The molecule has 0 unspecified atom stereocenters. The zero-order chi connectivity index (χ0) is 49.7. The summed E-state index contributed by atoms with van der Waals surface area (Å²) < 4.78 is 6.29. The number of fused-ring (bicyclic) bond motifs is 6. The van der Waals surface area contributed by atoms with Crippen LogP contribution in [0.25, 0.3) is 98.8 Å². The van der Waals surface area contributed by atoms with E-state index in [-0.39, 0.29) is 0 Å². The maximum Gasteiger partial charge on any atom is 0.136 e. The topological polar surface area (TPSA) is 19.6 Å². The normalized spacial score (nSPS) is 11.5. The van der Waals surface area contributed by atoms with Crippen LogP contribution in [0.3, 0.4) is 0 Å². The van der Waals surface area contributed by atoms with Crippen LogP contribution in [0.2, 0.25) is 0 Å². The van der Waals surface area contributed by atoms with E-state index in [0.717, 1.165) is 89.3 Å². The van der Waals surface area contributed by atoms with Gasteiger partial charge in [0.05, 0.1) is 11.4 Å². The lowest BCUT2D eigenvalue weighted by Crippen LogP contribution is -2.11. The molecule has 0 aliphatic carbocycles. The molecule has 0 atom stereocenters. The lowest BCUT2D eigenvalue weighted by Gasteiger charge is -2.28. The van der Waals surface area contributed by atoms with Crippen molar-refractivity contribution in [3.8, 4) is 44.5 Å². The van der Waals surface area contributed by atoms with Crippen LogP contribution in [0.5, 0.6) is 0 Å². The summed E-state index contributed by atoms with van der Waals surface area (Å²) in [6.45, 7) is 0. The van der Waals surface area contributed by atoms with Gasteiger partial charge in [-0.25, -0.2) is 0 Å². The van der Waals surface area contributed by atoms with Gasteiger partial charge in [-0.15, -0.1) is 0 Å². The van der Waals surface area contributed by atoms with Crippen molar-refractivity contribution in [1.82, 2.24) is 0 Å². The Balaban J connectivity index is 0.854. The van der Waals surface area contributed by atoms with Crippen molar-refractivity contribution in [3.63, 3.8) is 0 Å². The highest BCUT2D eigenvalue weighted by atomic mass is 16.3. The van der Waals surface area contributed by atoms with Crippen molar-refractivity contribution < 1.29 is 4.42 Å². The average molecular weight is 957 g/mol. The second-order valence-corrected chi connectivity index (χ2v) is 19.3.